The van der Waals surface area contributed by atoms with Crippen molar-refractivity contribution in [1.29, 1.82) is 0 Å². The van der Waals surface area contributed by atoms with Crippen molar-refractivity contribution in [2.45, 2.75) is 32.4 Å². The van der Waals surface area contributed by atoms with E-state index in [1.807, 2.05) is 0 Å². The first kappa shape index (κ1) is 15.4. The van der Waals surface area contributed by atoms with Crippen molar-refractivity contribution in [1.82, 2.24) is 5.32 Å². The fraction of sp³-hybridized carbons (Fsp3) is 0.636. The number of carbonyl (C=O) groups excluding carboxylic acids is 2. The van der Waals surface area contributed by atoms with Crippen LogP contribution in [0, 0.1) is 0 Å². The van der Waals surface area contributed by atoms with E-state index in [4.69, 9.17) is 9.84 Å². The zero-order chi connectivity index (χ0) is 13.5. The molecule has 0 aliphatic heterocycles. The van der Waals surface area contributed by atoms with E-state index in [1.54, 1.807) is 20.8 Å². The van der Waals surface area contributed by atoms with Crippen LogP contribution < -0.4 is 5.32 Å². The maximum absolute atomic E-state index is 11.3. The van der Waals surface area contributed by atoms with E-state index in [0.717, 1.165) is 6.08 Å². The fourth-order valence-corrected chi connectivity index (χ4v) is 0.876. The monoisotopic (exact) mass is 245 g/mol. The summed E-state index contributed by atoms with van der Waals surface area (Å²) >= 11 is 0. The molecule has 1 atom stereocenters. The number of ether oxygens (including phenoxy) is 2. The van der Waals surface area contributed by atoms with Gasteiger partial charge in [0.1, 0.15) is 5.60 Å². The second-order valence-corrected chi connectivity index (χ2v) is 4.32. The Hall–Kier alpha value is -1.56. The van der Waals surface area contributed by atoms with E-state index in [-0.39, 0.29) is 6.61 Å². The highest BCUT2D eigenvalue weighted by molar-refractivity contribution is 5.82. The normalized spacial score (nSPS) is 13.2. The van der Waals surface area contributed by atoms with Crippen LogP contribution in [-0.4, -0.2) is 42.5 Å². The third-order valence-corrected chi connectivity index (χ3v) is 1.56. The number of rotatable bonds is 4. The van der Waals surface area contributed by atoms with Gasteiger partial charge in [0.2, 0.25) is 0 Å². The Bertz CT molecular complexity index is 293. The molecule has 0 aliphatic carbocycles. The summed E-state index contributed by atoms with van der Waals surface area (Å²) in [5.41, 5.74) is -0.615. The first-order chi connectivity index (χ1) is 7.78. The van der Waals surface area contributed by atoms with Gasteiger partial charge in [-0.2, -0.15) is 0 Å². The molecule has 0 aromatic heterocycles. The summed E-state index contributed by atoms with van der Waals surface area (Å²) in [5, 5.41) is 11.4. The van der Waals surface area contributed by atoms with Crippen LogP contribution in [0.3, 0.4) is 0 Å². The van der Waals surface area contributed by atoms with Crippen LogP contribution in [0.4, 0.5) is 4.79 Å². The molecule has 0 rings (SSSR count). The molecule has 0 aromatic carbocycles. The number of hydrogen-bond acceptors (Lipinski definition) is 5. The van der Waals surface area contributed by atoms with Crippen LogP contribution in [0.25, 0.3) is 0 Å². The molecule has 1 amide bonds. The number of hydrogen-bond donors (Lipinski definition) is 2. The lowest BCUT2D eigenvalue weighted by Crippen LogP contribution is -2.40. The second kappa shape index (κ2) is 6.90. The van der Waals surface area contributed by atoms with Crippen molar-refractivity contribution in [3.63, 3.8) is 0 Å². The molecule has 0 saturated carbocycles. The quantitative estimate of drug-likeness (QED) is 0.559. The highest BCUT2D eigenvalue weighted by Gasteiger charge is 2.18. The summed E-state index contributed by atoms with van der Waals surface area (Å²) in [7, 11) is 1.24. The molecule has 0 bridgehead atoms. The highest BCUT2D eigenvalue weighted by atomic mass is 16.6. The lowest BCUT2D eigenvalue weighted by Gasteiger charge is -2.21. The molecule has 0 fully saturated rings. The maximum atomic E-state index is 11.3. The molecule has 0 aliphatic rings. The molecular formula is C11H19NO5. The summed E-state index contributed by atoms with van der Waals surface area (Å²) in [6.07, 6.45) is 1.79. The number of nitrogens with one attached hydrogen (secondary N) is 1. The number of amides is 1. The predicted octanol–water partition coefficient (Wildman–Crippen LogP) is 0.601. The van der Waals surface area contributed by atoms with Crippen molar-refractivity contribution in [3.05, 3.63) is 12.2 Å². The zero-order valence-corrected chi connectivity index (χ0v) is 10.5. The van der Waals surface area contributed by atoms with Crippen LogP contribution in [-0.2, 0) is 14.3 Å². The summed E-state index contributed by atoms with van der Waals surface area (Å²) in [6, 6.07) is -0.691. The number of esters is 1. The van der Waals surface area contributed by atoms with Crippen molar-refractivity contribution < 1.29 is 24.2 Å². The van der Waals surface area contributed by atoms with Crippen molar-refractivity contribution in [3.8, 4) is 0 Å². The van der Waals surface area contributed by atoms with E-state index in [9.17, 15) is 9.59 Å². The van der Waals surface area contributed by atoms with Crippen LogP contribution in [0.5, 0.6) is 0 Å². The number of methoxy groups -OCH3 is 1. The van der Waals surface area contributed by atoms with Gasteiger partial charge < -0.3 is 19.9 Å². The molecule has 98 valence electrons. The third-order valence-electron chi connectivity index (χ3n) is 1.56. The van der Waals surface area contributed by atoms with E-state index in [0.29, 0.717) is 0 Å². The van der Waals surface area contributed by atoms with Gasteiger partial charge in [-0.15, -0.1) is 0 Å². The van der Waals surface area contributed by atoms with Gasteiger partial charge in [-0.25, -0.2) is 9.59 Å². The minimum atomic E-state index is -0.691. The predicted molar refractivity (Wildman–Crippen MR) is 61.4 cm³/mol. The van der Waals surface area contributed by atoms with Gasteiger partial charge in [-0.3, -0.25) is 0 Å². The first-order valence-corrected chi connectivity index (χ1v) is 5.15. The van der Waals surface area contributed by atoms with E-state index >= 15 is 0 Å². The summed E-state index contributed by atoms with van der Waals surface area (Å²) < 4.78 is 9.37. The smallest absolute Gasteiger partial charge is 0.408 e. The van der Waals surface area contributed by atoms with Gasteiger partial charge in [0.25, 0.3) is 0 Å². The molecule has 0 radical (unpaired) electrons. The average molecular weight is 245 g/mol. The highest BCUT2D eigenvalue weighted by Crippen LogP contribution is 2.06. The van der Waals surface area contributed by atoms with Gasteiger partial charge in [0, 0.05) is 6.08 Å². The largest absolute Gasteiger partial charge is 0.466 e. The van der Waals surface area contributed by atoms with E-state index in [2.05, 4.69) is 10.1 Å². The molecule has 0 heterocycles. The van der Waals surface area contributed by atoms with Gasteiger partial charge in [0.15, 0.2) is 0 Å². The van der Waals surface area contributed by atoms with Gasteiger partial charge in [-0.05, 0) is 20.8 Å². The molecule has 6 heteroatoms. The number of carbonyl (C=O) groups is 2. The van der Waals surface area contributed by atoms with Crippen LogP contribution in [0.15, 0.2) is 12.2 Å². The summed E-state index contributed by atoms with van der Waals surface area (Å²) in [4.78, 5) is 22.2. The molecule has 6 nitrogen and oxygen atoms in total. The molecule has 0 aromatic rings. The van der Waals surface area contributed by atoms with Gasteiger partial charge in [-0.1, -0.05) is 6.08 Å². The fourth-order valence-electron chi connectivity index (χ4n) is 0.876. The van der Waals surface area contributed by atoms with Crippen LogP contribution in [0.2, 0.25) is 0 Å². The Labute approximate surface area is 101 Å². The number of alkyl carbamates (subject to hydrolysis) is 1. The van der Waals surface area contributed by atoms with E-state index in [1.165, 1.54) is 13.2 Å². The third kappa shape index (κ3) is 8.27. The zero-order valence-electron chi connectivity index (χ0n) is 10.5. The maximum Gasteiger partial charge on any atom is 0.408 e. The van der Waals surface area contributed by atoms with Crippen LogP contribution in [0.1, 0.15) is 20.8 Å². The number of aliphatic hydroxyl groups excluding tert-OH is 1. The Balaban J connectivity index is 4.27. The minimum Gasteiger partial charge on any atom is -0.466 e. The second-order valence-electron chi connectivity index (χ2n) is 4.32. The lowest BCUT2D eigenvalue weighted by atomic mass is 10.2. The molecule has 0 saturated heterocycles. The van der Waals surface area contributed by atoms with Crippen molar-refractivity contribution in [2.24, 2.45) is 0 Å². The molecule has 0 spiro atoms. The van der Waals surface area contributed by atoms with Gasteiger partial charge >= 0.3 is 12.1 Å². The Morgan fingerprint density at radius 1 is 1.41 bits per heavy atom. The summed E-state index contributed by atoms with van der Waals surface area (Å²) in [5.74, 6) is -0.561. The molecule has 0 unspecified atom stereocenters. The molecule has 2 N–H and O–H groups in total. The molecular weight excluding hydrogens is 226 g/mol. The van der Waals surface area contributed by atoms with Crippen LogP contribution >= 0.6 is 0 Å². The Kier molecular flexibility index (Phi) is 6.27. The SMILES string of the molecule is COC(=O)/C=C\[C@H](CO)NC(=O)OC(C)(C)C. The van der Waals surface area contributed by atoms with E-state index < -0.39 is 23.7 Å². The summed E-state index contributed by atoms with van der Waals surface area (Å²) in [6.45, 7) is 4.84. The topological polar surface area (TPSA) is 84.9 Å². The van der Waals surface area contributed by atoms with Crippen molar-refractivity contribution >= 4 is 12.1 Å². The Morgan fingerprint density at radius 3 is 2.41 bits per heavy atom. The average Bonchev–Trinajstić information content (AvgIpc) is 2.20. The number of aliphatic hydroxyl groups is 1. The lowest BCUT2D eigenvalue weighted by molar-refractivity contribution is -0.134. The Morgan fingerprint density at radius 2 is 2.00 bits per heavy atom. The first-order valence-electron chi connectivity index (χ1n) is 5.15. The van der Waals surface area contributed by atoms with Gasteiger partial charge in [0.05, 0.1) is 19.8 Å². The van der Waals surface area contributed by atoms with Crippen molar-refractivity contribution in [2.75, 3.05) is 13.7 Å². The minimum absolute atomic E-state index is 0.341. The standard InChI is InChI=1S/C11H19NO5/c1-11(2,3)17-10(15)12-8(7-13)5-6-9(14)16-4/h5-6,8,13H,7H2,1-4H3,(H,12,15)/b6-5-/t8-/m1/s1. The molecule has 17 heavy (non-hydrogen) atoms.